The van der Waals surface area contributed by atoms with E-state index in [4.69, 9.17) is 0 Å². The highest BCUT2D eigenvalue weighted by Crippen LogP contribution is 2.16. The van der Waals surface area contributed by atoms with Crippen molar-refractivity contribution in [1.29, 1.82) is 0 Å². The molecule has 136 valence electrons. The van der Waals surface area contributed by atoms with Crippen LogP contribution in [-0.2, 0) is 29.5 Å². The number of guanidine groups is 1. The van der Waals surface area contributed by atoms with Crippen LogP contribution in [0.4, 0.5) is 0 Å². The third kappa shape index (κ3) is 5.55. The van der Waals surface area contributed by atoms with Gasteiger partial charge in [-0.2, -0.15) is 0 Å². The molecule has 1 aromatic heterocycles. The van der Waals surface area contributed by atoms with Crippen LogP contribution < -0.4 is 15.4 Å². The number of benzene rings is 1. The Bertz CT molecular complexity index is 829. The average molecular weight is 381 g/mol. The molecule has 6 nitrogen and oxygen atoms in total. The summed E-state index contributed by atoms with van der Waals surface area (Å²) in [6.07, 6.45) is 1.05. The van der Waals surface area contributed by atoms with E-state index in [1.165, 1.54) is 16.8 Å². The van der Waals surface area contributed by atoms with Gasteiger partial charge in [0.15, 0.2) is 5.96 Å². The molecule has 3 N–H and O–H groups in total. The van der Waals surface area contributed by atoms with Crippen LogP contribution in [0.2, 0.25) is 0 Å². The minimum Gasteiger partial charge on any atom is -0.352 e. The summed E-state index contributed by atoms with van der Waals surface area (Å²) in [5.41, 5.74) is 0.865. The van der Waals surface area contributed by atoms with E-state index < -0.39 is 10.0 Å². The second-order valence-electron chi connectivity index (χ2n) is 5.36. The van der Waals surface area contributed by atoms with Gasteiger partial charge < -0.3 is 10.6 Å². The minimum absolute atomic E-state index is 0.253. The SMILES string of the molecule is CCc1ccc(CNC(=NC)NCc2cccc(S(=O)(=O)NC)c2)s1. The highest BCUT2D eigenvalue weighted by atomic mass is 32.2. The van der Waals surface area contributed by atoms with E-state index in [-0.39, 0.29) is 4.90 Å². The molecule has 0 amide bonds. The average Bonchev–Trinajstić information content (AvgIpc) is 3.10. The first-order chi connectivity index (χ1) is 12.0. The maximum atomic E-state index is 11.9. The first-order valence-corrected chi connectivity index (χ1v) is 10.3. The Morgan fingerprint density at radius 2 is 1.84 bits per heavy atom. The predicted molar refractivity (Wildman–Crippen MR) is 103 cm³/mol. The number of sulfonamides is 1. The molecule has 0 aliphatic rings. The lowest BCUT2D eigenvalue weighted by Gasteiger charge is -2.12. The van der Waals surface area contributed by atoms with Crippen molar-refractivity contribution in [1.82, 2.24) is 15.4 Å². The zero-order valence-corrected chi connectivity index (χ0v) is 16.3. The molecule has 25 heavy (non-hydrogen) atoms. The molecule has 0 radical (unpaired) electrons. The zero-order chi connectivity index (χ0) is 18.3. The third-order valence-corrected chi connectivity index (χ3v) is 6.30. The van der Waals surface area contributed by atoms with Gasteiger partial charge in [-0.1, -0.05) is 19.1 Å². The highest BCUT2D eigenvalue weighted by molar-refractivity contribution is 7.89. The quantitative estimate of drug-likeness (QED) is 0.507. The standard InChI is InChI=1S/C17H24N4O2S2/c1-4-14-8-9-15(24-14)12-21-17(18-2)20-11-13-6-5-7-16(10-13)25(22,23)19-3/h5-10,19H,4,11-12H2,1-3H3,(H2,18,20,21). The van der Waals surface area contributed by atoms with E-state index in [1.54, 1.807) is 36.6 Å². The Hall–Kier alpha value is -1.90. The maximum Gasteiger partial charge on any atom is 0.240 e. The van der Waals surface area contributed by atoms with E-state index in [0.717, 1.165) is 12.0 Å². The Morgan fingerprint density at radius 1 is 1.12 bits per heavy atom. The lowest BCUT2D eigenvalue weighted by atomic mass is 10.2. The van der Waals surface area contributed by atoms with Gasteiger partial charge in [0.2, 0.25) is 10.0 Å². The molecule has 1 aromatic carbocycles. The predicted octanol–water partition coefficient (Wildman–Crippen LogP) is 2.08. The van der Waals surface area contributed by atoms with Crippen molar-refractivity contribution in [2.75, 3.05) is 14.1 Å². The van der Waals surface area contributed by atoms with Crippen molar-refractivity contribution >= 4 is 27.3 Å². The van der Waals surface area contributed by atoms with E-state index in [0.29, 0.717) is 19.0 Å². The van der Waals surface area contributed by atoms with Crippen LogP contribution in [0.5, 0.6) is 0 Å². The summed E-state index contributed by atoms with van der Waals surface area (Å²) in [5.74, 6) is 0.674. The molecule has 0 bridgehead atoms. The van der Waals surface area contributed by atoms with E-state index in [9.17, 15) is 8.42 Å². The summed E-state index contributed by atoms with van der Waals surface area (Å²) in [5, 5.41) is 6.47. The molecule has 2 aromatic rings. The first kappa shape index (κ1) is 19.4. The van der Waals surface area contributed by atoms with Crippen LogP contribution in [0.15, 0.2) is 46.3 Å². The maximum absolute atomic E-state index is 11.9. The minimum atomic E-state index is -3.43. The molecule has 0 atom stereocenters. The Kier molecular flexibility index (Phi) is 6.98. The van der Waals surface area contributed by atoms with Crippen molar-refractivity contribution in [2.45, 2.75) is 31.3 Å². The Balaban J connectivity index is 1.93. The molecule has 0 aliphatic carbocycles. The lowest BCUT2D eigenvalue weighted by molar-refractivity contribution is 0.588. The van der Waals surface area contributed by atoms with Crippen molar-refractivity contribution in [3.8, 4) is 0 Å². The van der Waals surface area contributed by atoms with Crippen LogP contribution in [-0.4, -0.2) is 28.5 Å². The molecule has 2 rings (SSSR count). The lowest BCUT2D eigenvalue weighted by Crippen LogP contribution is -2.36. The zero-order valence-electron chi connectivity index (χ0n) is 14.7. The summed E-state index contributed by atoms with van der Waals surface area (Å²) in [6, 6.07) is 11.1. The Morgan fingerprint density at radius 3 is 2.48 bits per heavy atom. The summed E-state index contributed by atoms with van der Waals surface area (Å²) < 4.78 is 26.1. The van der Waals surface area contributed by atoms with Crippen molar-refractivity contribution < 1.29 is 8.42 Å². The van der Waals surface area contributed by atoms with E-state index in [1.807, 2.05) is 6.07 Å². The molecule has 0 saturated carbocycles. The fourth-order valence-corrected chi connectivity index (χ4v) is 3.92. The molecule has 0 aliphatic heterocycles. The second-order valence-corrected chi connectivity index (χ2v) is 8.50. The fraction of sp³-hybridized carbons (Fsp3) is 0.353. The smallest absolute Gasteiger partial charge is 0.240 e. The Labute approximate surface area is 153 Å². The number of rotatable bonds is 7. The van der Waals surface area contributed by atoms with Crippen LogP contribution in [0.3, 0.4) is 0 Å². The summed E-state index contributed by atoms with van der Waals surface area (Å²) in [4.78, 5) is 7.07. The van der Waals surface area contributed by atoms with Crippen molar-refractivity contribution in [2.24, 2.45) is 4.99 Å². The van der Waals surface area contributed by atoms with Gasteiger partial charge in [0, 0.05) is 23.3 Å². The van der Waals surface area contributed by atoms with Gasteiger partial charge >= 0.3 is 0 Å². The summed E-state index contributed by atoms with van der Waals surface area (Å²) in [7, 11) is -0.319. The van der Waals surface area contributed by atoms with Crippen LogP contribution in [0, 0.1) is 0 Å². The molecule has 0 unspecified atom stereocenters. The first-order valence-electron chi connectivity index (χ1n) is 8.03. The van der Waals surface area contributed by atoms with Crippen LogP contribution >= 0.6 is 11.3 Å². The highest BCUT2D eigenvalue weighted by Gasteiger charge is 2.11. The molecule has 0 fully saturated rings. The van der Waals surface area contributed by atoms with Gasteiger partial charge in [0.25, 0.3) is 0 Å². The van der Waals surface area contributed by atoms with Gasteiger partial charge in [-0.05, 0) is 43.3 Å². The molecular weight excluding hydrogens is 356 g/mol. The van der Waals surface area contributed by atoms with Gasteiger partial charge in [-0.25, -0.2) is 13.1 Å². The van der Waals surface area contributed by atoms with Crippen molar-refractivity contribution in [3.05, 3.63) is 51.7 Å². The molecule has 0 saturated heterocycles. The number of aryl methyl sites for hydroxylation is 1. The second kappa shape index (κ2) is 8.98. The normalized spacial score (nSPS) is 12.2. The van der Waals surface area contributed by atoms with Crippen LogP contribution in [0.25, 0.3) is 0 Å². The summed E-state index contributed by atoms with van der Waals surface area (Å²) in [6.45, 7) is 3.34. The van der Waals surface area contributed by atoms with Gasteiger partial charge in [-0.3, -0.25) is 4.99 Å². The topological polar surface area (TPSA) is 82.6 Å². The number of thiophene rings is 1. The number of nitrogens with one attached hydrogen (secondary N) is 3. The molecular formula is C17H24N4O2S2. The van der Waals surface area contributed by atoms with E-state index in [2.05, 4.69) is 39.4 Å². The van der Waals surface area contributed by atoms with Crippen molar-refractivity contribution in [3.63, 3.8) is 0 Å². The van der Waals surface area contributed by atoms with Gasteiger partial charge in [0.1, 0.15) is 0 Å². The van der Waals surface area contributed by atoms with E-state index >= 15 is 0 Å². The van der Waals surface area contributed by atoms with Gasteiger partial charge in [0.05, 0.1) is 11.4 Å². The third-order valence-electron chi connectivity index (χ3n) is 3.66. The number of nitrogens with zero attached hydrogens (tertiary/aromatic N) is 1. The molecule has 1 heterocycles. The molecule has 8 heteroatoms. The van der Waals surface area contributed by atoms with Gasteiger partial charge in [-0.15, -0.1) is 11.3 Å². The number of hydrogen-bond donors (Lipinski definition) is 3. The summed E-state index contributed by atoms with van der Waals surface area (Å²) >= 11 is 1.79. The number of aliphatic imine (C=N–C) groups is 1. The monoisotopic (exact) mass is 380 g/mol. The fourth-order valence-electron chi connectivity index (χ4n) is 2.23. The van der Waals surface area contributed by atoms with Crippen LogP contribution in [0.1, 0.15) is 22.2 Å². The molecule has 0 spiro atoms. The largest absolute Gasteiger partial charge is 0.352 e. The number of hydrogen-bond acceptors (Lipinski definition) is 4.